The van der Waals surface area contributed by atoms with Crippen molar-refractivity contribution in [3.63, 3.8) is 0 Å². The van der Waals surface area contributed by atoms with Crippen molar-refractivity contribution in [3.8, 4) is 0 Å². The highest BCUT2D eigenvalue weighted by Crippen LogP contribution is 2.31. The molecule has 0 spiro atoms. The van der Waals surface area contributed by atoms with Crippen LogP contribution in [-0.2, 0) is 9.53 Å². The van der Waals surface area contributed by atoms with Crippen molar-refractivity contribution < 1.29 is 9.53 Å². The van der Waals surface area contributed by atoms with E-state index in [0.717, 1.165) is 50.5 Å². The molecule has 0 aromatic carbocycles. The molecule has 0 saturated carbocycles. The SMILES string of the molecule is CCC(C)NC(=NCC(=O)N(C)C)N1CCC(C2CCOCC2)C1.I. The number of rotatable bonds is 5. The van der Waals surface area contributed by atoms with E-state index >= 15 is 0 Å². The first-order valence-electron chi connectivity index (χ1n) is 9.35. The van der Waals surface area contributed by atoms with Gasteiger partial charge in [-0.1, -0.05) is 6.92 Å². The van der Waals surface area contributed by atoms with Gasteiger partial charge in [0.1, 0.15) is 6.54 Å². The predicted octanol–water partition coefficient (Wildman–Crippen LogP) is 2.19. The third-order valence-corrected chi connectivity index (χ3v) is 5.31. The lowest BCUT2D eigenvalue weighted by atomic mass is 9.85. The van der Waals surface area contributed by atoms with Gasteiger partial charge in [-0.25, -0.2) is 4.99 Å². The number of ether oxygens (including phenoxy) is 1. The van der Waals surface area contributed by atoms with E-state index in [1.54, 1.807) is 19.0 Å². The maximum Gasteiger partial charge on any atom is 0.243 e. The van der Waals surface area contributed by atoms with Crippen LogP contribution in [0.4, 0.5) is 0 Å². The molecule has 2 unspecified atom stereocenters. The van der Waals surface area contributed by atoms with E-state index in [-0.39, 0.29) is 36.4 Å². The highest BCUT2D eigenvalue weighted by Gasteiger charge is 2.32. The van der Waals surface area contributed by atoms with Crippen LogP contribution in [0.3, 0.4) is 0 Å². The predicted molar refractivity (Wildman–Crippen MR) is 113 cm³/mol. The Morgan fingerprint density at radius 3 is 2.56 bits per heavy atom. The number of nitrogens with zero attached hydrogens (tertiary/aromatic N) is 3. The van der Waals surface area contributed by atoms with Gasteiger partial charge < -0.3 is 19.9 Å². The number of nitrogens with one attached hydrogen (secondary N) is 1. The van der Waals surface area contributed by atoms with E-state index in [2.05, 4.69) is 29.1 Å². The number of carbonyl (C=O) groups excluding carboxylic acids is 1. The molecule has 25 heavy (non-hydrogen) atoms. The summed E-state index contributed by atoms with van der Waals surface area (Å²) in [5, 5.41) is 3.51. The second-order valence-corrected chi connectivity index (χ2v) is 7.33. The number of guanidine groups is 1. The molecular weight excluding hydrogens is 431 g/mol. The van der Waals surface area contributed by atoms with Gasteiger partial charge >= 0.3 is 0 Å². The Hall–Kier alpha value is -0.570. The topological polar surface area (TPSA) is 57.2 Å². The number of hydrogen-bond donors (Lipinski definition) is 1. The number of likely N-dealkylation sites (tertiary alicyclic amines) is 1. The van der Waals surface area contributed by atoms with Crippen molar-refractivity contribution >= 4 is 35.8 Å². The maximum atomic E-state index is 11.9. The van der Waals surface area contributed by atoms with E-state index in [1.165, 1.54) is 19.3 Å². The van der Waals surface area contributed by atoms with E-state index < -0.39 is 0 Å². The van der Waals surface area contributed by atoms with Crippen LogP contribution in [0.25, 0.3) is 0 Å². The Balaban J connectivity index is 0.00000312. The maximum absolute atomic E-state index is 11.9. The molecule has 2 aliphatic rings. The number of aliphatic imine (C=N–C) groups is 1. The Labute approximate surface area is 169 Å². The molecule has 0 bridgehead atoms. The van der Waals surface area contributed by atoms with Crippen LogP contribution in [0.15, 0.2) is 4.99 Å². The summed E-state index contributed by atoms with van der Waals surface area (Å²) in [6.07, 6.45) is 4.62. The summed E-state index contributed by atoms with van der Waals surface area (Å²) < 4.78 is 5.50. The van der Waals surface area contributed by atoms with E-state index in [0.29, 0.717) is 6.04 Å². The first-order valence-corrected chi connectivity index (χ1v) is 9.35. The summed E-state index contributed by atoms with van der Waals surface area (Å²) in [4.78, 5) is 20.4. The molecule has 6 nitrogen and oxygen atoms in total. The summed E-state index contributed by atoms with van der Waals surface area (Å²) in [5.74, 6) is 2.44. The zero-order valence-electron chi connectivity index (χ0n) is 16.2. The van der Waals surface area contributed by atoms with Crippen molar-refractivity contribution in [1.82, 2.24) is 15.1 Å². The molecule has 0 aromatic rings. The largest absolute Gasteiger partial charge is 0.381 e. The van der Waals surface area contributed by atoms with Crippen molar-refractivity contribution in [1.29, 1.82) is 0 Å². The second-order valence-electron chi connectivity index (χ2n) is 7.33. The summed E-state index contributed by atoms with van der Waals surface area (Å²) >= 11 is 0. The first kappa shape index (κ1) is 22.5. The first-order chi connectivity index (χ1) is 11.5. The smallest absolute Gasteiger partial charge is 0.243 e. The van der Waals surface area contributed by atoms with Crippen molar-refractivity contribution in [3.05, 3.63) is 0 Å². The van der Waals surface area contributed by atoms with Crippen LogP contribution >= 0.6 is 24.0 Å². The molecule has 2 saturated heterocycles. The lowest BCUT2D eigenvalue weighted by Crippen LogP contribution is -2.45. The van der Waals surface area contributed by atoms with Crippen molar-refractivity contribution in [2.24, 2.45) is 16.8 Å². The molecule has 2 fully saturated rings. The van der Waals surface area contributed by atoms with Gasteiger partial charge in [-0.2, -0.15) is 0 Å². The van der Waals surface area contributed by atoms with Crippen LogP contribution < -0.4 is 5.32 Å². The van der Waals surface area contributed by atoms with Crippen molar-refractivity contribution in [2.75, 3.05) is 46.9 Å². The van der Waals surface area contributed by atoms with Gasteiger partial charge in [0.05, 0.1) is 0 Å². The van der Waals surface area contributed by atoms with E-state index in [4.69, 9.17) is 4.74 Å². The minimum Gasteiger partial charge on any atom is -0.381 e. The molecule has 2 rings (SSSR count). The molecule has 1 amide bonds. The van der Waals surface area contributed by atoms with Gasteiger partial charge in [-0.3, -0.25) is 4.79 Å². The number of likely N-dealkylation sites (N-methyl/N-ethyl adjacent to an activating group) is 1. The summed E-state index contributed by atoms with van der Waals surface area (Å²) in [7, 11) is 3.55. The number of amides is 1. The molecule has 2 heterocycles. The number of hydrogen-bond acceptors (Lipinski definition) is 3. The Morgan fingerprint density at radius 1 is 1.28 bits per heavy atom. The quantitative estimate of drug-likeness (QED) is 0.384. The van der Waals surface area contributed by atoms with Gasteiger partial charge in [0.15, 0.2) is 5.96 Å². The second kappa shape index (κ2) is 11.2. The molecule has 7 heteroatoms. The molecule has 1 N–H and O–H groups in total. The average Bonchev–Trinajstić information content (AvgIpc) is 3.08. The zero-order valence-corrected chi connectivity index (χ0v) is 18.5. The van der Waals surface area contributed by atoms with Gasteiger partial charge in [0, 0.05) is 46.4 Å². The lowest BCUT2D eigenvalue weighted by molar-refractivity contribution is -0.127. The van der Waals surface area contributed by atoms with E-state index in [1.807, 2.05) is 0 Å². The minimum absolute atomic E-state index is 0. The van der Waals surface area contributed by atoms with Crippen molar-refractivity contribution in [2.45, 2.75) is 45.6 Å². The van der Waals surface area contributed by atoms with Gasteiger partial charge in [-0.05, 0) is 44.4 Å². The normalized spacial score (nSPS) is 23.1. The fraction of sp³-hybridized carbons (Fsp3) is 0.889. The standard InChI is InChI=1S/C18H34N4O2.HI/c1-5-14(2)20-18(19-12-17(23)21(3)4)22-9-6-16(13-22)15-7-10-24-11-8-15;/h14-16H,5-13H2,1-4H3,(H,19,20);1H. The average molecular weight is 466 g/mol. The molecule has 0 aromatic heterocycles. The molecule has 2 aliphatic heterocycles. The Kier molecular flexibility index (Phi) is 10.1. The molecular formula is C18H35IN4O2. The zero-order chi connectivity index (χ0) is 17.5. The third kappa shape index (κ3) is 6.92. The highest BCUT2D eigenvalue weighted by molar-refractivity contribution is 14.0. The van der Waals surface area contributed by atoms with Crippen LogP contribution in [0, 0.1) is 11.8 Å². The lowest BCUT2D eigenvalue weighted by Gasteiger charge is -2.29. The summed E-state index contributed by atoms with van der Waals surface area (Å²) in [6, 6.07) is 0.361. The summed E-state index contributed by atoms with van der Waals surface area (Å²) in [6.45, 7) is 8.42. The fourth-order valence-corrected chi connectivity index (χ4v) is 3.39. The summed E-state index contributed by atoms with van der Waals surface area (Å²) in [5.41, 5.74) is 0. The monoisotopic (exact) mass is 466 g/mol. The highest BCUT2D eigenvalue weighted by atomic mass is 127. The molecule has 0 aliphatic carbocycles. The number of halogens is 1. The van der Waals surface area contributed by atoms with Gasteiger partial charge in [0.25, 0.3) is 0 Å². The third-order valence-electron chi connectivity index (χ3n) is 5.31. The van der Waals surface area contributed by atoms with Gasteiger partial charge in [-0.15, -0.1) is 24.0 Å². The molecule has 0 radical (unpaired) electrons. The van der Waals surface area contributed by atoms with Crippen LogP contribution in [0.1, 0.15) is 39.5 Å². The van der Waals surface area contributed by atoms with Crippen LogP contribution in [0.5, 0.6) is 0 Å². The van der Waals surface area contributed by atoms with Crippen LogP contribution in [0.2, 0.25) is 0 Å². The number of carbonyl (C=O) groups is 1. The molecule has 146 valence electrons. The van der Waals surface area contributed by atoms with Crippen LogP contribution in [-0.4, -0.2) is 74.7 Å². The minimum atomic E-state index is 0. The van der Waals surface area contributed by atoms with Gasteiger partial charge in [0.2, 0.25) is 5.91 Å². The Morgan fingerprint density at radius 2 is 1.96 bits per heavy atom. The molecule has 2 atom stereocenters. The Bertz CT molecular complexity index is 439. The van der Waals surface area contributed by atoms with E-state index in [9.17, 15) is 4.79 Å². The fourth-order valence-electron chi connectivity index (χ4n) is 3.39.